The third-order valence-corrected chi connectivity index (χ3v) is 11.5. The van der Waals surface area contributed by atoms with E-state index in [2.05, 4.69) is 218 Å². The van der Waals surface area contributed by atoms with E-state index >= 15 is 0 Å². The molecule has 11 rings (SSSR count). The highest BCUT2D eigenvalue weighted by Gasteiger charge is 2.15. The maximum absolute atomic E-state index is 5.20. The molecule has 0 saturated carbocycles. The van der Waals surface area contributed by atoms with Crippen LogP contribution in [0, 0.1) is 0 Å². The van der Waals surface area contributed by atoms with Gasteiger partial charge in [0.25, 0.3) is 0 Å². The summed E-state index contributed by atoms with van der Waals surface area (Å²) in [4.78, 5) is 20.6. The first-order valence-corrected chi connectivity index (χ1v) is 20.9. The van der Waals surface area contributed by atoms with Crippen molar-refractivity contribution in [3.8, 4) is 90.1 Å². The van der Waals surface area contributed by atoms with Crippen LogP contribution in [0.5, 0.6) is 0 Å². The number of hydrogen-bond acceptors (Lipinski definition) is 4. The van der Waals surface area contributed by atoms with Crippen LogP contribution in [0.1, 0.15) is 0 Å². The molecule has 0 spiro atoms. The normalized spacial score (nSPS) is 11.2. The number of fused-ring (bicyclic) bond motifs is 2. The molecule has 0 aliphatic carbocycles. The van der Waals surface area contributed by atoms with E-state index in [1.807, 2.05) is 12.1 Å². The van der Waals surface area contributed by atoms with Gasteiger partial charge < -0.3 is 0 Å². The van der Waals surface area contributed by atoms with Crippen LogP contribution in [-0.4, -0.2) is 19.9 Å². The Morgan fingerprint density at radius 3 is 1.05 bits per heavy atom. The molecule has 0 aliphatic rings. The molecule has 290 valence electrons. The van der Waals surface area contributed by atoms with Crippen molar-refractivity contribution in [2.75, 3.05) is 0 Å². The minimum absolute atomic E-state index is 0.619. The Kier molecular flexibility index (Phi) is 9.49. The van der Waals surface area contributed by atoms with Gasteiger partial charge in [0.2, 0.25) is 0 Å². The first-order chi connectivity index (χ1) is 30.7. The van der Waals surface area contributed by atoms with Crippen molar-refractivity contribution in [1.82, 2.24) is 19.9 Å². The van der Waals surface area contributed by atoms with Crippen molar-refractivity contribution in [3.05, 3.63) is 231 Å². The molecule has 0 N–H and O–H groups in total. The van der Waals surface area contributed by atoms with Crippen LogP contribution in [0.25, 0.3) is 112 Å². The van der Waals surface area contributed by atoms with Gasteiger partial charge in [-0.3, -0.25) is 0 Å². The van der Waals surface area contributed by atoms with Gasteiger partial charge in [0.15, 0.2) is 17.5 Å². The summed E-state index contributed by atoms with van der Waals surface area (Å²) >= 11 is 0. The van der Waals surface area contributed by atoms with E-state index in [4.69, 9.17) is 19.9 Å². The van der Waals surface area contributed by atoms with Crippen LogP contribution in [0.15, 0.2) is 231 Å². The molecule has 0 unspecified atom stereocenters. The van der Waals surface area contributed by atoms with E-state index < -0.39 is 0 Å². The average molecular weight is 791 g/mol. The summed E-state index contributed by atoms with van der Waals surface area (Å²) < 4.78 is 0. The highest BCUT2D eigenvalue weighted by molar-refractivity contribution is 5.89. The average Bonchev–Trinajstić information content (AvgIpc) is 3.36. The molecule has 0 bridgehead atoms. The van der Waals surface area contributed by atoms with Gasteiger partial charge in [-0.05, 0) is 91.3 Å². The first kappa shape index (κ1) is 36.7. The second-order valence-electron chi connectivity index (χ2n) is 15.5. The van der Waals surface area contributed by atoms with Crippen LogP contribution in [-0.2, 0) is 0 Å². The second kappa shape index (κ2) is 16.0. The molecule has 0 radical (unpaired) electrons. The quantitative estimate of drug-likeness (QED) is 0.154. The number of pyridine rings is 1. The van der Waals surface area contributed by atoms with Crippen molar-refractivity contribution in [3.63, 3.8) is 0 Å². The number of benzene rings is 9. The smallest absolute Gasteiger partial charge is 0.164 e. The number of rotatable bonds is 8. The van der Waals surface area contributed by atoms with Crippen molar-refractivity contribution in [2.24, 2.45) is 0 Å². The lowest BCUT2D eigenvalue weighted by atomic mass is 9.95. The summed E-state index contributed by atoms with van der Waals surface area (Å²) in [5.41, 5.74) is 13.5. The Hall–Kier alpha value is -8.34. The van der Waals surface area contributed by atoms with Crippen LogP contribution in [0.4, 0.5) is 0 Å². The van der Waals surface area contributed by atoms with Crippen LogP contribution in [0.3, 0.4) is 0 Å². The Morgan fingerprint density at radius 2 is 0.516 bits per heavy atom. The predicted molar refractivity (Wildman–Crippen MR) is 256 cm³/mol. The largest absolute Gasteiger partial charge is 0.248 e. The van der Waals surface area contributed by atoms with Gasteiger partial charge in [-0.1, -0.05) is 194 Å². The molecule has 62 heavy (non-hydrogen) atoms. The van der Waals surface area contributed by atoms with Crippen molar-refractivity contribution in [1.29, 1.82) is 0 Å². The Balaban J connectivity index is 0.988. The molecular formula is C58H38N4. The zero-order chi connectivity index (χ0) is 41.2. The Bertz CT molecular complexity index is 3300. The summed E-state index contributed by atoms with van der Waals surface area (Å²) in [5, 5.41) is 4.62. The van der Waals surface area contributed by atoms with E-state index in [1.54, 1.807) is 0 Å². The Morgan fingerprint density at radius 1 is 0.177 bits per heavy atom. The van der Waals surface area contributed by atoms with Crippen LogP contribution in [0.2, 0.25) is 0 Å². The minimum atomic E-state index is 0.619. The van der Waals surface area contributed by atoms with E-state index in [-0.39, 0.29) is 0 Å². The minimum Gasteiger partial charge on any atom is -0.248 e. The highest BCUT2D eigenvalue weighted by Crippen LogP contribution is 2.35. The fourth-order valence-electron chi connectivity index (χ4n) is 8.20. The van der Waals surface area contributed by atoms with Gasteiger partial charge in [-0.15, -0.1) is 0 Å². The molecule has 11 aromatic rings. The predicted octanol–water partition coefficient (Wildman–Crippen LogP) is 14.9. The van der Waals surface area contributed by atoms with Gasteiger partial charge in [-0.25, -0.2) is 19.9 Å². The number of nitrogens with zero attached hydrogens (tertiary/aromatic N) is 4. The van der Waals surface area contributed by atoms with Gasteiger partial charge in [-0.2, -0.15) is 0 Å². The summed E-state index contributed by atoms with van der Waals surface area (Å²) in [6, 6.07) is 80.8. The molecule has 2 aromatic heterocycles. The molecule has 0 atom stereocenters. The standard InChI is InChI=1S/C58H38N4/c1-3-13-39(14-4-1)42-25-29-44(30-26-42)55-38-53(37-54(59-55)43-17-5-2-6-18-43)49-23-11-21-47(33-49)48-22-12-24-50(36-48)56-60-57(51-31-27-40-15-7-9-19-45(40)34-51)62-58(61-56)52-32-28-41-16-8-10-20-46(41)35-52/h1-38H. The van der Waals surface area contributed by atoms with E-state index in [0.29, 0.717) is 17.5 Å². The van der Waals surface area contributed by atoms with Crippen LogP contribution < -0.4 is 0 Å². The van der Waals surface area contributed by atoms with E-state index in [9.17, 15) is 0 Å². The molecule has 0 aliphatic heterocycles. The zero-order valence-corrected chi connectivity index (χ0v) is 33.7. The Labute approximate surface area is 360 Å². The number of hydrogen-bond donors (Lipinski definition) is 0. The first-order valence-electron chi connectivity index (χ1n) is 20.9. The SMILES string of the molecule is c1ccc(-c2ccc(-c3cc(-c4cccc(-c5cccc(-c6nc(-c7ccc8ccccc8c7)nc(-c7ccc8ccccc8c7)n6)c5)c4)cc(-c4ccccc4)n3)cc2)cc1. The van der Waals surface area contributed by atoms with Gasteiger partial charge in [0, 0.05) is 27.8 Å². The molecule has 0 saturated heterocycles. The monoisotopic (exact) mass is 790 g/mol. The molecule has 2 heterocycles. The molecule has 0 amide bonds. The van der Waals surface area contributed by atoms with Crippen molar-refractivity contribution < 1.29 is 0 Å². The van der Waals surface area contributed by atoms with Gasteiger partial charge in [0.1, 0.15) is 0 Å². The second-order valence-corrected chi connectivity index (χ2v) is 15.5. The summed E-state index contributed by atoms with van der Waals surface area (Å²) in [7, 11) is 0. The summed E-state index contributed by atoms with van der Waals surface area (Å²) in [6.45, 7) is 0. The fraction of sp³-hybridized carbons (Fsp3) is 0. The fourth-order valence-corrected chi connectivity index (χ4v) is 8.20. The van der Waals surface area contributed by atoms with Gasteiger partial charge >= 0.3 is 0 Å². The summed E-state index contributed by atoms with van der Waals surface area (Å²) in [6.07, 6.45) is 0. The molecule has 9 aromatic carbocycles. The highest BCUT2D eigenvalue weighted by atomic mass is 15.0. The van der Waals surface area contributed by atoms with E-state index in [0.717, 1.165) is 72.2 Å². The lowest BCUT2D eigenvalue weighted by Crippen LogP contribution is -2.00. The molecule has 4 heteroatoms. The van der Waals surface area contributed by atoms with Crippen molar-refractivity contribution in [2.45, 2.75) is 0 Å². The lowest BCUT2D eigenvalue weighted by Gasteiger charge is -2.13. The van der Waals surface area contributed by atoms with Gasteiger partial charge in [0.05, 0.1) is 11.4 Å². The third-order valence-electron chi connectivity index (χ3n) is 11.5. The molecule has 0 fully saturated rings. The van der Waals surface area contributed by atoms with Crippen molar-refractivity contribution >= 4 is 21.5 Å². The van der Waals surface area contributed by atoms with Crippen LogP contribution >= 0.6 is 0 Å². The third kappa shape index (κ3) is 7.42. The summed E-state index contributed by atoms with van der Waals surface area (Å²) in [5.74, 6) is 1.89. The topological polar surface area (TPSA) is 51.6 Å². The molecule has 4 nitrogen and oxygen atoms in total. The molecular weight excluding hydrogens is 753 g/mol. The zero-order valence-electron chi connectivity index (χ0n) is 33.7. The van der Waals surface area contributed by atoms with E-state index in [1.165, 1.54) is 21.9 Å². The lowest BCUT2D eigenvalue weighted by molar-refractivity contribution is 1.08. The maximum atomic E-state index is 5.20. The maximum Gasteiger partial charge on any atom is 0.164 e. The number of aromatic nitrogens is 4.